The van der Waals surface area contributed by atoms with Crippen molar-refractivity contribution >= 4 is 11.6 Å². The Hall–Kier alpha value is -2.49. The van der Waals surface area contributed by atoms with E-state index in [1.165, 1.54) is 5.56 Å². The van der Waals surface area contributed by atoms with Gasteiger partial charge in [0, 0.05) is 6.42 Å². The number of carbonyl (C=O) groups is 1. The lowest BCUT2D eigenvalue weighted by Crippen LogP contribution is -2.13. The first-order chi connectivity index (χ1) is 10.5. The van der Waals surface area contributed by atoms with Crippen molar-refractivity contribution in [2.24, 2.45) is 0 Å². The molecule has 0 bridgehead atoms. The topological polar surface area (TPSA) is 58.6 Å². The van der Waals surface area contributed by atoms with Crippen LogP contribution in [0.25, 0.3) is 0 Å². The molecule has 22 heavy (non-hydrogen) atoms. The Balaban J connectivity index is 1.72. The van der Waals surface area contributed by atoms with Crippen molar-refractivity contribution in [2.75, 3.05) is 11.9 Å². The van der Waals surface area contributed by atoms with Crippen LogP contribution in [0, 0.1) is 13.8 Å². The monoisotopic (exact) mass is 299 g/mol. The summed E-state index contributed by atoms with van der Waals surface area (Å²) in [7, 11) is 0. The highest BCUT2D eigenvalue weighted by molar-refractivity contribution is 5.92. The number of aryl methyl sites for hydroxylation is 2. The maximum atomic E-state index is 11.8. The van der Waals surface area contributed by atoms with Crippen LogP contribution >= 0.6 is 0 Å². The van der Waals surface area contributed by atoms with Gasteiger partial charge in [0.05, 0.1) is 12.3 Å². The van der Waals surface area contributed by atoms with E-state index in [1.807, 2.05) is 44.2 Å². The molecule has 1 amide bonds. The van der Waals surface area contributed by atoms with E-state index in [0.717, 1.165) is 11.3 Å². The molecule has 2 rings (SSSR count). The third-order valence-electron chi connectivity index (χ3n) is 3.27. The molecule has 0 aliphatic heterocycles. The second-order valence-corrected chi connectivity index (χ2v) is 5.33. The Morgan fingerprint density at radius 3 is 2.45 bits per heavy atom. The van der Waals surface area contributed by atoms with Gasteiger partial charge in [-0.3, -0.25) is 4.79 Å². The van der Waals surface area contributed by atoms with E-state index in [9.17, 15) is 9.90 Å². The van der Waals surface area contributed by atoms with Gasteiger partial charge in [-0.25, -0.2) is 0 Å². The quantitative estimate of drug-likeness (QED) is 0.630. The van der Waals surface area contributed by atoms with E-state index in [1.54, 1.807) is 12.1 Å². The minimum atomic E-state index is -0.133. The number of anilines is 1. The molecule has 0 aliphatic carbocycles. The maximum absolute atomic E-state index is 11.8. The van der Waals surface area contributed by atoms with Crippen LogP contribution in [0.5, 0.6) is 11.5 Å². The van der Waals surface area contributed by atoms with Crippen molar-refractivity contribution < 1.29 is 14.6 Å². The molecule has 0 spiro atoms. The number of hydrogen-bond acceptors (Lipinski definition) is 3. The van der Waals surface area contributed by atoms with Gasteiger partial charge in [-0.1, -0.05) is 23.8 Å². The molecule has 2 N–H and O–H groups in total. The van der Waals surface area contributed by atoms with Gasteiger partial charge in [0.1, 0.15) is 11.5 Å². The SMILES string of the molecule is Cc1ccc(OCCCC(=O)Nc2ccc(C)cc2O)cc1. The summed E-state index contributed by atoms with van der Waals surface area (Å²) in [6, 6.07) is 13.0. The van der Waals surface area contributed by atoms with Crippen molar-refractivity contribution in [2.45, 2.75) is 26.7 Å². The van der Waals surface area contributed by atoms with Crippen LogP contribution in [-0.4, -0.2) is 17.6 Å². The van der Waals surface area contributed by atoms with Crippen LogP contribution in [0.15, 0.2) is 42.5 Å². The molecule has 0 atom stereocenters. The van der Waals surface area contributed by atoms with Crippen LogP contribution in [0.1, 0.15) is 24.0 Å². The molecule has 2 aromatic rings. The number of hydrogen-bond donors (Lipinski definition) is 2. The van der Waals surface area contributed by atoms with Crippen LogP contribution < -0.4 is 10.1 Å². The lowest BCUT2D eigenvalue weighted by Gasteiger charge is -2.09. The highest BCUT2D eigenvalue weighted by atomic mass is 16.5. The van der Waals surface area contributed by atoms with E-state index in [-0.39, 0.29) is 11.7 Å². The Kier molecular flexibility index (Phi) is 5.42. The highest BCUT2D eigenvalue weighted by Gasteiger charge is 2.06. The number of amides is 1. The van der Waals surface area contributed by atoms with Gasteiger partial charge >= 0.3 is 0 Å². The van der Waals surface area contributed by atoms with Crippen LogP contribution in [-0.2, 0) is 4.79 Å². The molecule has 4 heteroatoms. The third kappa shape index (κ3) is 4.81. The largest absolute Gasteiger partial charge is 0.506 e. The van der Waals surface area contributed by atoms with Crippen molar-refractivity contribution in [1.82, 2.24) is 0 Å². The average Bonchev–Trinajstić information content (AvgIpc) is 2.48. The Morgan fingerprint density at radius 2 is 1.77 bits per heavy atom. The first-order valence-electron chi connectivity index (χ1n) is 7.33. The molecular formula is C18H21NO3. The van der Waals surface area contributed by atoms with E-state index < -0.39 is 0 Å². The average molecular weight is 299 g/mol. The summed E-state index contributed by atoms with van der Waals surface area (Å²) in [5.41, 5.74) is 2.57. The summed E-state index contributed by atoms with van der Waals surface area (Å²) in [6.07, 6.45) is 0.964. The number of aromatic hydroxyl groups is 1. The lowest BCUT2D eigenvalue weighted by molar-refractivity contribution is -0.116. The van der Waals surface area contributed by atoms with Crippen molar-refractivity contribution in [3.05, 3.63) is 53.6 Å². The van der Waals surface area contributed by atoms with Crippen molar-refractivity contribution in [3.8, 4) is 11.5 Å². The van der Waals surface area contributed by atoms with E-state index in [0.29, 0.717) is 25.1 Å². The molecule has 0 radical (unpaired) electrons. The van der Waals surface area contributed by atoms with E-state index in [2.05, 4.69) is 5.32 Å². The number of rotatable bonds is 6. The molecule has 0 fully saturated rings. The first kappa shape index (κ1) is 15.9. The van der Waals surface area contributed by atoms with Gasteiger partial charge in [-0.15, -0.1) is 0 Å². The zero-order chi connectivity index (χ0) is 15.9. The maximum Gasteiger partial charge on any atom is 0.224 e. The van der Waals surface area contributed by atoms with Gasteiger partial charge in [-0.2, -0.15) is 0 Å². The minimum Gasteiger partial charge on any atom is -0.506 e. The number of phenols is 1. The molecular weight excluding hydrogens is 278 g/mol. The van der Waals surface area contributed by atoms with Gasteiger partial charge in [0.2, 0.25) is 5.91 Å². The summed E-state index contributed by atoms with van der Waals surface area (Å²) < 4.78 is 5.57. The molecule has 0 aromatic heterocycles. The molecule has 0 saturated carbocycles. The summed E-state index contributed by atoms with van der Waals surface area (Å²) in [6.45, 7) is 4.39. The van der Waals surface area contributed by atoms with Gasteiger partial charge in [0.25, 0.3) is 0 Å². The van der Waals surface area contributed by atoms with Crippen LogP contribution in [0.4, 0.5) is 5.69 Å². The van der Waals surface area contributed by atoms with Crippen LogP contribution in [0.2, 0.25) is 0 Å². The Bertz CT molecular complexity index is 635. The number of phenolic OH excluding ortho intramolecular Hbond substituents is 1. The summed E-state index contributed by atoms with van der Waals surface area (Å²) >= 11 is 0. The molecule has 0 aliphatic rings. The van der Waals surface area contributed by atoms with E-state index in [4.69, 9.17) is 4.74 Å². The fourth-order valence-corrected chi connectivity index (χ4v) is 2.02. The van der Waals surface area contributed by atoms with Crippen molar-refractivity contribution in [1.29, 1.82) is 0 Å². The minimum absolute atomic E-state index is 0.0873. The normalized spacial score (nSPS) is 10.3. The first-order valence-corrected chi connectivity index (χ1v) is 7.33. The molecule has 0 unspecified atom stereocenters. The smallest absolute Gasteiger partial charge is 0.224 e. The fourth-order valence-electron chi connectivity index (χ4n) is 2.02. The summed E-state index contributed by atoms with van der Waals surface area (Å²) in [5.74, 6) is 0.762. The Morgan fingerprint density at radius 1 is 1.09 bits per heavy atom. The van der Waals surface area contributed by atoms with Gasteiger partial charge < -0.3 is 15.2 Å². The van der Waals surface area contributed by atoms with Gasteiger partial charge in [0.15, 0.2) is 0 Å². The molecule has 2 aromatic carbocycles. The molecule has 0 saturated heterocycles. The standard InChI is InChI=1S/C18H21NO3/c1-13-5-8-15(9-6-13)22-11-3-4-18(21)19-16-10-7-14(2)12-17(16)20/h5-10,12,20H,3-4,11H2,1-2H3,(H,19,21). The molecule has 4 nitrogen and oxygen atoms in total. The summed E-state index contributed by atoms with van der Waals surface area (Å²) in [5, 5.41) is 12.4. The lowest BCUT2D eigenvalue weighted by atomic mass is 10.2. The second-order valence-electron chi connectivity index (χ2n) is 5.33. The molecule has 116 valence electrons. The zero-order valence-corrected chi connectivity index (χ0v) is 12.9. The fraction of sp³-hybridized carbons (Fsp3) is 0.278. The number of carbonyl (C=O) groups excluding carboxylic acids is 1. The Labute approximate surface area is 130 Å². The predicted molar refractivity (Wildman–Crippen MR) is 87.4 cm³/mol. The zero-order valence-electron chi connectivity index (χ0n) is 12.9. The third-order valence-corrected chi connectivity index (χ3v) is 3.27. The number of ether oxygens (including phenoxy) is 1. The van der Waals surface area contributed by atoms with E-state index >= 15 is 0 Å². The predicted octanol–water partition coefficient (Wildman–Crippen LogP) is 3.81. The number of benzene rings is 2. The second kappa shape index (κ2) is 7.50. The number of nitrogens with one attached hydrogen (secondary N) is 1. The van der Waals surface area contributed by atoms with Crippen LogP contribution in [0.3, 0.4) is 0 Å². The van der Waals surface area contributed by atoms with Crippen molar-refractivity contribution in [3.63, 3.8) is 0 Å². The molecule has 0 heterocycles. The highest BCUT2D eigenvalue weighted by Crippen LogP contribution is 2.24. The van der Waals surface area contributed by atoms with Gasteiger partial charge in [-0.05, 0) is 50.1 Å². The summed E-state index contributed by atoms with van der Waals surface area (Å²) in [4.78, 5) is 11.8.